The van der Waals surface area contributed by atoms with Crippen molar-refractivity contribution < 1.29 is 41.9 Å². The standard InChI is InChI=1S/C41H41F3N8O6/c42-41(43,44)33-17-27(2-1-26(33)19-45)50-15-9-25(10-16-50)37(54)47-35-7-3-28(20-46-35)51-22-24(23-51)21-49-13-11-29(12-14-49)58-30-4-5-31-32(18-30)40(57)52(39(31)56)34-6-8-36(53)48-38(34)55/h1-5,7,17-18,20,24-25,29,34H,6,8-16,21-23H2,(H,46,47,54)(H,48,53,55). The Balaban J connectivity index is 0.748. The molecule has 6 heterocycles. The van der Waals surface area contributed by atoms with Gasteiger partial charge in [0, 0.05) is 69.8 Å². The first kappa shape index (κ1) is 38.8. The molecule has 1 atom stereocenters. The number of hydrogen-bond donors (Lipinski definition) is 2. The van der Waals surface area contributed by atoms with Crippen molar-refractivity contribution in [3.8, 4) is 11.8 Å². The van der Waals surface area contributed by atoms with E-state index in [1.54, 1.807) is 41.4 Å². The van der Waals surface area contributed by atoms with Gasteiger partial charge >= 0.3 is 6.18 Å². The first-order valence-electron chi connectivity index (χ1n) is 19.5. The fraction of sp³-hybridized carbons (Fsp3) is 0.439. The number of likely N-dealkylation sites (tertiary alicyclic amines) is 1. The third-order valence-corrected chi connectivity index (χ3v) is 11.7. The third-order valence-electron chi connectivity index (χ3n) is 11.7. The van der Waals surface area contributed by atoms with Crippen LogP contribution < -0.4 is 25.2 Å². The highest BCUT2D eigenvalue weighted by atomic mass is 19.4. The summed E-state index contributed by atoms with van der Waals surface area (Å²) in [4.78, 5) is 75.0. The lowest BCUT2D eigenvalue weighted by Gasteiger charge is -2.44. The van der Waals surface area contributed by atoms with E-state index in [1.807, 2.05) is 6.07 Å². The first-order chi connectivity index (χ1) is 27.8. The van der Waals surface area contributed by atoms with Gasteiger partial charge in [0.05, 0.1) is 40.2 Å². The summed E-state index contributed by atoms with van der Waals surface area (Å²) in [6, 6.07) is 12.8. The Hall–Kier alpha value is -6.02. The second kappa shape index (κ2) is 15.7. The van der Waals surface area contributed by atoms with E-state index in [-0.39, 0.29) is 41.9 Å². The minimum atomic E-state index is -4.63. The lowest BCUT2D eigenvalue weighted by atomic mass is 9.95. The predicted molar refractivity (Wildman–Crippen MR) is 203 cm³/mol. The minimum absolute atomic E-state index is 0.0485. The van der Waals surface area contributed by atoms with Gasteiger partial charge in [0.25, 0.3) is 11.8 Å². The van der Waals surface area contributed by atoms with E-state index in [2.05, 4.69) is 25.4 Å². The van der Waals surface area contributed by atoms with Crippen molar-refractivity contribution in [2.75, 3.05) is 60.9 Å². The zero-order chi connectivity index (χ0) is 40.7. The van der Waals surface area contributed by atoms with Gasteiger partial charge in [-0.15, -0.1) is 0 Å². The van der Waals surface area contributed by atoms with Crippen LogP contribution in [-0.2, 0) is 20.6 Å². The largest absolute Gasteiger partial charge is 0.490 e. The number of nitriles is 1. The number of imide groups is 2. The summed E-state index contributed by atoms with van der Waals surface area (Å²) < 4.78 is 46.6. The van der Waals surface area contributed by atoms with Gasteiger partial charge in [-0.05, 0) is 80.6 Å². The van der Waals surface area contributed by atoms with Crippen LogP contribution in [0.2, 0.25) is 0 Å². The van der Waals surface area contributed by atoms with Gasteiger partial charge < -0.3 is 24.8 Å². The number of carbonyl (C=O) groups excluding carboxylic acids is 5. The number of fused-ring (bicyclic) bond motifs is 1. The number of alkyl halides is 3. The summed E-state index contributed by atoms with van der Waals surface area (Å²) in [5, 5.41) is 14.2. The molecule has 0 saturated carbocycles. The van der Waals surface area contributed by atoms with E-state index in [0.717, 1.165) is 62.2 Å². The Labute approximate surface area is 331 Å². The predicted octanol–water partition coefficient (Wildman–Crippen LogP) is 4.21. The molecule has 14 nitrogen and oxygen atoms in total. The average Bonchev–Trinajstić information content (AvgIpc) is 3.44. The highest BCUT2D eigenvalue weighted by Gasteiger charge is 2.45. The molecule has 2 N–H and O–H groups in total. The molecule has 0 aliphatic carbocycles. The van der Waals surface area contributed by atoms with Crippen LogP contribution in [0.1, 0.15) is 70.4 Å². The normalized spacial score (nSPS) is 21.1. The van der Waals surface area contributed by atoms with Gasteiger partial charge in [-0.2, -0.15) is 18.4 Å². The maximum Gasteiger partial charge on any atom is 0.417 e. The molecule has 8 rings (SSSR count). The number of piperidine rings is 3. The van der Waals surface area contributed by atoms with Gasteiger partial charge in [-0.25, -0.2) is 4.98 Å². The van der Waals surface area contributed by atoms with Crippen molar-refractivity contribution in [2.45, 2.75) is 56.8 Å². The Morgan fingerprint density at radius 1 is 0.879 bits per heavy atom. The fourth-order valence-corrected chi connectivity index (χ4v) is 8.52. The smallest absolute Gasteiger partial charge is 0.417 e. The summed E-state index contributed by atoms with van der Waals surface area (Å²) in [6.07, 6.45) is -0.222. The van der Waals surface area contributed by atoms with Gasteiger partial charge in [-0.1, -0.05) is 0 Å². The molecule has 302 valence electrons. The van der Waals surface area contributed by atoms with Crippen LogP contribution >= 0.6 is 0 Å². The van der Waals surface area contributed by atoms with Crippen molar-refractivity contribution in [1.29, 1.82) is 5.26 Å². The summed E-state index contributed by atoms with van der Waals surface area (Å²) in [7, 11) is 0. The van der Waals surface area contributed by atoms with Crippen molar-refractivity contribution in [1.82, 2.24) is 20.1 Å². The molecule has 0 radical (unpaired) electrons. The number of aromatic nitrogens is 1. The molecule has 1 aromatic heterocycles. The highest BCUT2D eigenvalue weighted by Crippen LogP contribution is 2.36. The number of ether oxygens (including phenoxy) is 1. The summed E-state index contributed by atoms with van der Waals surface area (Å²) in [5.41, 5.74) is 0.376. The van der Waals surface area contributed by atoms with Crippen LogP contribution in [0.4, 0.5) is 30.4 Å². The zero-order valence-corrected chi connectivity index (χ0v) is 31.5. The SMILES string of the molecule is N#Cc1ccc(N2CCC(C(=O)Nc3ccc(N4CC(CN5CCC(Oc6ccc7c(c6)C(=O)N(C6CCC(=O)NC6=O)C7=O)CC5)C4)cn3)CC2)cc1C(F)(F)F. The molecule has 1 unspecified atom stereocenters. The monoisotopic (exact) mass is 798 g/mol. The summed E-state index contributed by atoms with van der Waals surface area (Å²) >= 11 is 0. The topological polar surface area (TPSA) is 168 Å². The van der Waals surface area contributed by atoms with Gasteiger partial charge in [-0.3, -0.25) is 34.2 Å². The van der Waals surface area contributed by atoms with Crippen molar-refractivity contribution in [3.05, 3.63) is 77.0 Å². The van der Waals surface area contributed by atoms with E-state index in [4.69, 9.17) is 10.00 Å². The molecule has 5 amide bonds. The molecule has 0 spiro atoms. The number of pyridine rings is 1. The number of rotatable bonds is 9. The van der Waals surface area contributed by atoms with Crippen LogP contribution in [0.25, 0.3) is 0 Å². The zero-order valence-electron chi connectivity index (χ0n) is 31.5. The summed E-state index contributed by atoms with van der Waals surface area (Å²) in [5.74, 6) is -1.24. The van der Waals surface area contributed by atoms with E-state index in [1.165, 1.54) is 12.1 Å². The molecule has 2 aromatic carbocycles. The number of nitrogens with one attached hydrogen (secondary N) is 2. The molecule has 5 aliphatic rings. The minimum Gasteiger partial charge on any atom is -0.490 e. The number of hydrogen-bond acceptors (Lipinski definition) is 11. The van der Waals surface area contributed by atoms with Crippen LogP contribution in [0.15, 0.2) is 54.7 Å². The second-order valence-electron chi connectivity index (χ2n) is 15.5. The van der Waals surface area contributed by atoms with Gasteiger partial charge in [0.15, 0.2) is 0 Å². The lowest BCUT2D eigenvalue weighted by molar-refractivity contribution is -0.138. The Morgan fingerprint density at radius 3 is 2.28 bits per heavy atom. The molecule has 0 bridgehead atoms. The number of benzene rings is 2. The van der Waals surface area contributed by atoms with Crippen molar-refractivity contribution in [2.24, 2.45) is 11.8 Å². The van der Waals surface area contributed by atoms with Crippen LogP contribution in [0.5, 0.6) is 5.75 Å². The first-order valence-corrected chi connectivity index (χ1v) is 19.5. The van der Waals surface area contributed by atoms with Gasteiger partial charge in [0.2, 0.25) is 17.7 Å². The molecule has 4 saturated heterocycles. The van der Waals surface area contributed by atoms with Crippen LogP contribution in [0.3, 0.4) is 0 Å². The van der Waals surface area contributed by atoms with E-state index < -0.39 is 47.0 Å². The molecule has 17 heteroatoms. The van der Waals surface area contributed by atoms with Crippen LogP contribution in [-0.4, -0.2) is 102 Å². The highest BCUT2D eigenvalue weighted by molar-refractivity contribution is 6.23. The van der Waals surface area contributed by atoms with Crippen molar-refractivity contribution in [3.63, 3.8) is 0 Å². The fourth-order valence-electron chi connectivity index (χ4n) is 8.52. The van der Waals surface area contributed by atoms with E-state index in [0.29, 0.717) is 49.1 Å². The molecule has 58 heavy (non-hydrogen) atoms. The number of amides is 5. The van der Waals surface area contributed by atoms with E-state index in [9.17, 15) is 37.1 Å². The molecular weight excluding hydrogens is 757 g/mol. The maximum atomic E-state index is 13.4. The average molecular weight is 799 g/mol. The molecule has 4 fully saturated rings. The summed E-state index contributed by atoms with van der Waals surface area (Å²) in [6.45, 7) is 5.24. The molecular formula is C41H41F3N8O6. The molecule has 3 aromatic rings. The maximum absolute atomic E-state index is 13.4. The number of carbonyl (C=O) groups is 5. The lowest BCUT2D eigenvalue weighted by Crippen LogP contribution is -2.54. The Morgan fingerprint density at radius 2 is 1.60 bits per heavy atom. The van der Waals surface area contributed by atoms with E-state index >= 15 is 0 Å². The van der Waals surface area contributed by atoms with Gasteiger partial charge in [0.1, 0.15) is 23.7 Å². The second-order valence-corrected chi connectivity index (χ2v) is 15.5. The third kappa shape index (κ3) is 7.93. The number of nitrogens with zero attached hydrogens (tertiary/aromatic N) is 6. The number of anilines is 3. The number of halogens is 3. The van der Waals surface area contributed by atoms with Crippen LogP contribution in [0, 0.1) is 23.2 Å². The Bertz CT molecular complexity index is 2170. The quantitative estimate of drug-likeness (QED) is 0.298. The Kier molecular flexibility index (Phi) is 10.5. The molecule has 5 aliphatic heterocycles. The van der Waals surface area contributed by atoms with Crippen molar-refractivity contribution >= 4 is 46.7 Å².